The Morgan fingerprint density at radius 2 is 2.13 bits per heavy atom. The largest absolute Gasteiger partial charge is 0.365 e. The van der Waals surface area contributed by atoms with Crippen LogP contribution >= 0.6 is 0 Å². The SMILES string of the molecule is CCCCc1ccnc(N2CCC(C3CC3)C2(C)C)c1C(N)=O. The maximum absolute atomic E-state index is 12.2. The minimum atomic E-state index is -0.343. The lowest BCUT2D eigenvalue weighted by atomic mass is 9.84. The molecular formula is C19H29N3O. The van der Waals surface area contributed by atoms with Crippen molar-refractivity contribution < 1.29 is 4.79 Å². The molecule has 2 aliphatic rings. The highest BCUT2D eigenvalue weighted by molar-refractivity contribution is 5.99. The van der Waals surface area contributed by atoms with Crippen LogP contribution in [0.2, 0.25) is 0 Å². The second kappa shape index (κ2) is 6.14. The third kappa shape index (κ3) is 2.96. The molecule has 126 valence electrons. The third-order valence-electron chi connectivity index (χ3n) is 5.78. The Morgan fingerprint density at radius 1 is 1.39 bits per heavy atom. The number of rotatable bonds is 6. The lowest BCUT2D eigenvalue weighted by molar-refractivity contribution is 0.0999. The summed E-state index contributed by atoms with van der Waals surface area (Å²) < 4.78 is 0. The van der Waals surface area contributed by atoms with E-state index in [4.69, 9.17) is 5.73 Å². The highest BCUT2D eigenvalue weighted by Crippen LogP contribution is 2.50. The van der Waals surface area contributed by atoms with Crippen molar-refractivity contribution in [2.75, 3.05) is 11.4 Å². The van der Waals surface area contributed by atoms with Crippen LogP contribution in [0.15, 0.2) is 12.3 Å². The zero-order valence-electron chi connectivity index (χ0n) is 14.6. The summed E-state index contributed by atoms with van der Waals surface area (Å²) in [5, 5.41) is 0. The molecule has 0 bridgehead atoms. The highest BCUT2D eigenvalue weighted by atomic mass is 16.1. The van der Waals surface area contributed by atoms with Gasteiger partial charge in [-0.25, -0.2) is 4.98 Å². The second-order valence-electron chi connectivity index (χ2n) is 7.67. The molecule has 1 atom stereocenters. The lowest BCUT2D eigenvalue weighted by Crippen LogP contribution is -2.44. The van der Waals surface area contributed by atoms with Crippen molar-refractivity contribution in [3.63, 3.8) is 0 Å². The van der Waals surface area contributed by atoms with Gasteiger partial charge in [-0.3, -0.25) is 4.79 Å². The monoisotopic (exact) mass is 315 g/mol. The molecule has 2 fully saturated rings. The fraction of sp³-hybridized carbons (Fsp3) is 0.684. The molecule has 23 heavy (non-hydrogen) atoms. The number of nitrogens with zero attached hydrogens (tertiary/aromatic N) is 2. The predicted molar refractivity (Wildman–Crippen MR) is 93.6 cm³/mol. The highest BCUT2D eigenvalue weighted by Gasteiger charge is 2.49. The first-order valence-electron chi connectivity index (χ1n) is 9.02. The van der Waals surface area contributed by atoms with Crippen molar-refractivity contribution in [1.82, 2.24) is 4.98 Å². The van der Waals surface area contributed by atoms with E-state index in [1.54, 1.807) is 0 Å². The standard InChI is InChI=1S/C19H29N3O/c1-4-5-6-14-9-11-21-18(16(14)17(20)23)22-12-10-15(13-7-8-13)19(22,2)3/h9,11,13,15H,4-8,10,12H2,1-3H3,(H2,20,23). The minimum absolute atomic E-state index is 0.0434. The number of unbranched alkanes of at least 4 members (excludes halogenated alkanes) is 1. The van der Waals surface area contributed by atoms with E-state index in [1.807, 2.05) is 12.3 Å². The molecule has 1 amide bonds. The number of carbonyl (C=O) groups excluding carboxylic acids is 1. The Bertz CT molecular complexity index is 592. The van der Waals surface area contributed by atoms with Crippen LogP contribution in [0.5, 0.6) is 0 Å². The fourth-order valence-electron chi connectivity index (χ4n) is 4.34. The molecule has 1 aliphatic carbocycles. The van der Waals surface area contributed by atoms with Gasteiger partial charge in [-0.05, 0) is 69.4 Å². The molecule has 1 unspecified atom stereocenters. The van der Waals surface area contributed by atoms with Gasteiger partial charge in [0.1, 0.15) is 5.82 Å². The number of aromatic nitrogens is 1. The van der Waals surface area contributed by atoms with Gasteiger partial charge < -0.3 is 10.6 Å². The Morgan fingerprint density at radius 3 is 2.74 bits per heavy atom. The first-order valence-corrected chi connectivity index (χ1v) is 9.02. The van der Waals surface area contributed by atoms with E-state index >= 15 is 0 Å². The van der Waals surface area contributed by atoms with Gasteiger partial charge in [0.05, 0.1) is 5.56 Å². The van der Waals surface area contributed by atoms with Gasteiger partial charge in [-0.15, -0.1) is 0 Å². The van der Waals surface area contributed by atoms with Crippen LogP contribution in [0.4, 0.5) is 5.82 Å². The van der Waals surface area contributed by atoms with Gasteiger partial charge in [-0.2, -0.15) is 0 Å². The molecule has 1 aromatic rings. The number of nitrogens with two attached hydrogens (primary N) is 1. The Labute approximate surface area is 139 Å². The van der Waals surface area contributed by atoms with Crippen LogP contribution < -0.4 is 10.6 Å². The van der Waals surface area contributed by atoms with E-state index in [-0.39, 0.29) is 11.4 Å². The number of anilines is 1. The van der Waals surface area contributed by atoms with Gasteiger partial charge in [0.2, 0.25) is 0 Å². The van der Waals surface area contributed by atoms with Crippen molar-refractivity contribution in [2.45, 2.75) is 64.8 Å². The fourth-order valence-corrected chi connectivity index (χ4v) is 4.34. The molecule has 4 heteroatoms. The van der Waals surface area contributed by atoms with Crippen molar-refractivity contribution in [2.24, 2.45) is 17.6 Å². The number of hydrogen-bond acceptors (Lipinski definition) is 3. The Balaban J connectivity index is 1.97. The summed E-state index contributed by atoms with van der Waals surface area (Å²) in [4.78, 5) is 19.1. The summed E-state index contributed by atoms with van der Waals surface area (Å²) >= 11 is 0. The molecule has 0 radical (unpaired) electrons. The van der Waals surface area contributed by atoms with Gasteiger partial charge in [0, 0.05) is 18.3 Å². The summed E-state index contributed by atoms with van der Waals surface area (Å²) in [6, 6.07) is 1.96. The molecular weight excluding hydrogens is 286 g/mol. The summed E-state index contributed by atoms with van der Waals surface area (Å²) in [6.45, 7) is 7.73. The predicted octanol–water partition coefficient (Wildman–Crippen LogP) is 3.54. The third-order valence-corrected chi connectivity index (χ3v) is 5.78. The molecule has 4 nitrogen and oxygen atoms in total. The second-order valence-corrected chi connectivity index (χ2v) is 7.67. The van der Waals surface area contributed by atoms with E-state index in [0.29, 0.717) is 11.5 Å². The first kappa shape index (κ1) is 16.3. The minimum Gasteiger partial charge on any atom is -0.365 e. The van der Waals surface area contributed by atoms with E-state index in [9.17, 15) is 4.79 Å². The molecule has 0 spiro atoms. The van der Waals surface area contributed by atoms with Crippen LogP contribution in [0, 0.1) is 11.8 Å². The van der Waals surface area contributed by atoms with Crippen LogP contribution in [0.25, 0.3) is 0 Å². The normalized spacial score (nSPS) is 23.3. The maximum atomic E-state index is 12.2. The smallest absolute Gasteiger partial charge is 0.252 e. The van der Waals surface area contributed by atoms with Crippen LogP contribution in [0.1, 0.15) is 68.8 Å². The Kier molecular flexibility index (Phi) is 4.35. The zero-order valence-corrected chi connectivity index (χ0v) is 14.6. The molecule has 2 N–H and O–H groups in total. The molecule has 3 rings (SSSR count). The van der Waals surface area contributed by atoms with E-state index in [1.165, 1.54) is 19.3 Å². The number of pyridine rings is 1. The quantitative estimate of drug-likeness (QED) is 0.873. The van der Waals surface area contributed by atoms with E-state index in [2.05, 4.69) is 30.7 Å². The molecule has 1 aliphatic heterocycles. The molecule has 1 saturated heterocycles. The van der Waals surface area contributed by atoms with E-state index < -0.39 is 0 Å². The topological polar surface area (TPSA) is 59.2 Å². The van der Waals surface area contributed by atoms with Crippen LogP contribution in [0.3, 0.4) is 0 Å². The van der Waals surface area contributed by atoms with Crippen LogP contribution in [-0.2, 0) is 6.42 Å². The van der Waals surface area contributed by atoms with Crippen molar-refractivity contribution >= 4 is 11.7 Å². The Hall–Kier alpha value is -1.58. The average Bonchev–Trinajstić information content (AvgIpc) is 3.28. The van der Waals surface area contributed by atoms with E-state index in [0.717, 1.165) is 43.1 Å². The number of carbonyl (C=O) groups is 1. The molecule has 1 saturated carbocycles. The summed E-state index contributed by atoms with van der Waals surface area (Å²) in [6.07, 6.45) is 8.81. The summed E-state index contributed by atoms with van der Waals surface area (Å²) in [5.74, 6) is 2.02. The van der Waals surface area contributed by atoms with Crippen molar-refractivity contribution in [1.29, 1.82) is 0 Å². The number of hydrogen-bond donors (Lipinski definition) is 1. The summed E-state index contributed by atoms with van der Waals surface area (Å²) in [5.41, 5.74) is 7.48. The summed E-state index contributed by atoms with van der Waals surface area (Å²) in [7, 11) is 0. The van der Waals surface area contributed by atoms with Crippen LogP contribution in [-0.4, -0.2) is 23.0 Å². The van der Waals surface area contributed by atoms with Gasteiger partial charge in [-0.1, -0.05) is 13.3 Å². The molecule has 0 aromatic carbocycles. The van der Waals surface area contributed by atoms with Gasteiger partial charge in [0.15, 0.2) is 0 Å². The van der Waals surface area contributed by atoms with Crippen molar-refractivity contribution in [3.8, 4) is 0 Å². The number of primary amides is 1. The lowest BCUT2D eigenvalue weighted by Gasteiger charge is -2.38. The van der Waals surface area contributed by atoms with Gasteiger partial charge in [0.25, 0.3) is 5.91 Å². The average molecular weight is 315 g/mol. The number of aryl methyl sites for hydroxylation is 1. The van der Waals surface area contributed by atoms with Gasteiger partial charge >= 0.3 is 0 Å². The molecule has 1 aromatic heterocycles. The maximum Gasteiger partial charge on any atom is 0.252 e. The number of amides is 1. The molecule has 2 heterocycles. The first-order chi connectivity index (χ1) is 11.0. The zero-order chi connectivity index (χ0) is 16.6. The van der Waals surface area contributed by atoms with Crippen molar-refractivity contribution in [3.05, 3.63) is 23.4 Å².